The molecule has 1 atom stereocenters. The van der Waals surface area contributed by atoms with Gasteiger partial charge in [0.1, 0.15) is 0 Å². The molecule has 0 radical (unpaired) electrons. The number of esters is 1. The van der Waals surface area contributed by atoms with Crippen LogP contribution in [-0.2, 0) is 9.53 Å². The van der Waals surface area contributed by atoms with Crippen molar-refractivity contribution in [1.82, 2.24) is 0 Å². The van der Waals surface area contributed by atoms with E-state index in [0.717, 1.165) is 6.42 Å². The summed E-state index contributed by atoms with van der Waals surface area (Å²) in [4.78, 5) is 11.2. The third kappa shape index (κ3) is 6.62. The van der Waals surface area contributed by atoms with Crippen LogP contribution < -0.4 is 0 Å². The van der Waals surface area contributed by atoms with Crippen molar-refractivity contribution in [2.45, 2.75) is 54.1 Å². The Balaban J connectivity index is 3.88. The maximum atomic E-state index is 11.2. The smallest absolute Gasteiger partial charge is 0.308 e. The molecule has 0 rings (SSSR count). The first-order chi connectivity index (χ1) is 5.72. The van der Waals surface area contributed by atoms with E-state index in [9.17, 15) is 4.79 Å². The molecular weight excluding hydrogens is 164 g/mol. The van der Waals surface area contributed by atoms with Crippen molar-refractivity contribution >= 4 is 5.97 Å². The number of carbonyl (C=O) groups excluding carboxylic acids is 1. The molecule has 2 heteroatoms. The highest BCUT2D eigenvalue weighted by atomic mass is 16.5. The highest BCUT2D eigenvalue weighted by molar-refractivity contribution is 5.71. The second-order valence-electron chi connectivity index (χ2n) is 5.17. The monoisotopic (exact) mass is 186 g/mol. The lowest BCUT2D eigenvalue weighted by Crippen LogP contribution is -2.23. The summed E-state index contributed by atoms with van der Waals surface area (Å²) in [6.45, 7) is 12.1. The summed E-state index contributed by atoms with van der Waals surface area (Å²) < 4.78 is 5.25. The molecule has 0 N–H and O–H groups in total. The van der Waals surface area contributed by atoms with E-state index in [1.54, 1.807) is 0 Å². The van der Waals surface area contributed by atoms with Crippen LogP contribution in [0.5, 0.6) is 0 Å². The Bertz CT molecular complexity index is 165. The van der Waals surface area contributed by atoms with E-state index in [0.29, 0.717) is 0 Å². The topological polar surface area (TPSA) is 26.3 Å². The Kier molecular flexibility index (Phi) is 4.45. The molecule has 0 bridgehead atoms. The Hall–Kier alpha value is -0.530. The summed E-state index contributed by atoms with van der Waals surface area (Å²) in [5.74, 6) is -0.126. The van der Waals surface area contributed by atoms with E-state index in [2.05, 4.69) is 20.8 Å². The Morgan fingerprint density at radius 3 is 2.00 bits per heavy atom. The Labute approximate surface area is 81.7 Å². The lowest BCUT2D eigenvalue weighted by Gasteiger charge is -2.23. The summed E-state index contributed by atoms with van der Waals surface area (Å²) in [7, 11) is 0. The number of hydrogen-bond donors (Lipinski definition) is 0. The molecule has 0 unspecified atom stereocenters. The molecule has 0 saturated heterocycles. The van der Waals surface area contributed by atoms with E-state index < -0.39 is 0 Å². The quantitative estimate of drug-likeness (QED) is 0.633. The zero-order chi connectivity index (χ0) is 10.6. The second kappa shape index (κ2) is 4.64. The maximum Gasteiger partial charge on any atom is 0.308 e. The molecule has 2 nitrogen and oxygen atoms in total. The van der Waals surface area contributed by atoms with Crippen molar-refractivity contribution < 1.29 is 9.53 Å². The highest BCUT2D eigenvalue weighted by Gasteiger charge is 2.19. The van der Waals surface area contributed by atoms with Crippen molar-refractivity contribution in [3.8, 4) is 0 Å². The fraction of sp³-hybridized carbons (Fsp3) is 0.909. The van der Waals surface area contributed by atoms with Crippen molar-refractivity contribution in [3.63, 3.8) is 0 Å². The molecule has 0 fully saturated rings. The van der Waals surface area contributed by atoms with Gasteiger partial charge in [-0.15, -0.1) is 0 Å². The third-order valence-corrected chi connectivity index (χ3v) is 1.69. The molecule has 0 aromatic carbocycles. The van der Waals surface area contributed by atoms with E-state index in [-0.39, 0.29) is 23.4 Å². The van der Waals surface area contributed by atoms with Gasteiger partial charge >= 0.3 is 5.97 Å². The van der Waals surface area contributed by atoms with E-state index >= 15 is 0 Å². The van der Waals surface area contributed by atoms with Crippen molar-refractivity contribution in [2.24, 2.45) is 11.3 Å². The van der Waals surface area contributed by atoms with Gasteiger partial charge in [0.15, 0.2) is 0 Å². The maximum absolute atomic E-state index is 11.2. The van der Waals surface area contributed by atoms with Gasteiger partial charge in [-0.3, -0.25) is 4.79 Å². The summed E-state index contributed by atoms with van der Waals surface area (Å²) in [5.41, 5.74) is 0.219. The van der Waals surface area contributed by atoms with Crippen LogP contribution in [-0.4, -0.2) is 12.1 Å². The molecular formula is C11H22O2. The van der Waals surface area contributed by atoms with Gasteiger partial charge in [-0.25, -0.2) is 0 Å². The lowest BCUT2D eigenvalue weighted by atomic mass is 9.90. The minimum atomic E-state index is -0.100. The van der Waals surface area contributed by atoms with Crippen molar-refractivity contribution in [1.29, 1.82) is 0 Å². The van der Waals surface area contributed by atoms with E-state index in [4.69, 9.17) is 4.74 Å². The predicted molar refractivity (Wildman–Crippen MR) is 54.5 cm³/mol. The van der Waals surface area contributed by atoms with Gasteiger partial charge in [-0.1, -0.05) is 34.6 Å². The first-order valence-electron chi connectivity index (χ1n) is 4.93. The third-order valence-electron chi connectivity index (χ3n) is 1.69. The van der Waals surface area contributed by atoms with Gasteiger partial charge < -0.3 is 4.74 Å². The van der Waals surface area contributed by atoms with Crippen LogP contribution in [0, 0.1) is 11.3 Å². The molecule has 13 heavy (non-hydrogen) atoms. The summed E-state index contributed by atoms with van der Waals surface area (Å²) in [6.07, 6.45) is 0.931. The van der Waals surface area contributed by atoms with Crippen molar-refractivity contribution in [2.75, 3.05) is 0 Å². The van der Waals surface area contributed by atoms with Gasteiger partial charge in [-0.2, -0.15) is 0 Å². The average Bonchev–Trinajstić information content (AvgIpc) is 1.81. The standard InChI is InChI=1S/C11H22O2/c1-8(2)10(12)13-9(3)7-11(4,5)6/h8-9H,7H2,1-6H3/t9-/m0/s1. The number of hydrogen-bond acceptors (Lipinski definition) is 2. The largest absolute Gasteiger partial charge is 0.462 e. The van der Waals surface area contributed by atoms with Crippen LogP contribution in [0.3, 0.4) is 0 Å². The molecule has 78 valence electrons. The minimum Gasteiger partial charge on any atom is -0.462 e. The first kappa shape index (κ1) is 12.5. The van der Waals surface area contributed by atoms with Crippen LogP contribution in [0.4, 0.5) is 0 Å². The molecule has 0 heterocycles. The Morgan fingerprint density at radius 1 is 1.23 bits per heavy atom. The molecule has 0 saturated carbocycles. The van der Waals surface area contributed by atoms with Crippen LogP contribution in [0.1, 0.15) is 48.0 Å². The van der Waals surface area contributed by atoms with Gasteiger partial charge in [0.05, 0.1) is 12.0 Å². The normalized spacial score (nSPS) is 14.4. The van der Waals surface area contributed by atoms with Crippen LogP contribution in [0.15, 0.2) is 0 Å². The number of carbonyl (C=O) groups is 1. The van der Waals surface area contributed by atoms with Gasteiger partial charge in [0, 0.05) is 0 Å². The molecule has 0 aromatic rings. The van der Waals surface area contributed by atoms with Crippen molar-refractivity contribution in [3.05, 3.63) is 0 Å². The molecule has 0 amide bonds. The van der Waals surface area contributed by atoms with E-state index in [1.165, 1.54) is 0 Å². The molecule has 0 spiro atoms. The number of ether oxygens (including phenoxy) is 1. The molecule has 0 aliphatic carbocycles. The predicted octanol–water partition coefficient (Wildman–Crippen LogP) is 3.01. The second-order valence-corrected chi connectivity index (χ2v) is 5.17. The lowest BCUT2D eigenvalue weighted by molar-refractivity contribution is -0.153. The number of rotatable bonds is 3. The zero-order valence-corrected chi connectivity index (χ0v) is 9.68. The SMILES string of the molecule is CC(C)C(=O)O[C@@H](C)CC(C)(C)C. The summed E-state index contributed by atoms with van der Waals surface area (Å²) >= 11 is 0. The van der Waals surface area contributed by atoms with Crippen LogP contribution in [0.2, 0.25) is 0 Å². The fourth-order valence-corrected chi connectivity index (χ4v) is 1.24. The van der Waals surface area contributed by atoms with Crippen LogP contribution >= 0.6 is 0 Å². The van der Waals surface area contributed by atoms with Gasteiger partial charge in [0.25, 0.3) is 0 Å². The highest BCUT2D eigenvalue weighted by Crippen LogP contribution is 2.22. The summed E-state index contributed by atoms with van der Waals surface area (Å²) in [5, 5.41) is 0. The average molecular weight is 186 g/mol. The molecule has 0 aliphatic rings. The van der Waals surface area contributed by atoms with Crippen LogP contribution in [0.25, 0.3) is 0 Å². The Morgan fingerprint density at radius 2 is 1.69 bits per heavy atom. The first-order valence-corrected chi connectivity index (χ1v) is 4.93. The zero-order valence-electron chi connectivity index (χ0n) is 9.68. The fourth-order valence-electron chi connectivity index (χ4n) is 1.24. The minimum absolute atomic E-state index is 0.0231. The molecule has 0 aliphatic heterocycles. The van der Waals surface area contributed by atoms with E-state index in [1.807, 2.05) is 20.8 Å². The molecule has 0 aromatic heterocycles. The van der Waals surface area contributed by atoms with Gasteiger partial charge in [-0.05, 0) is 18.8 Å². The van der Waals surface area contributed by atoms with Gasteiger partial charge in [0.2, 0.25) is 0 Å². The summed E-state index contributed by atoms with van der Waals surface area (Å²) in [6, 6.07) is 0.